The summed E-state index contributed by atoms with van der Waals surface area (Å²) in [5, 5.41) is 19.8. The fourth-order valence-corrected chi connectivity index (χ4v) is 3.01. The summed E-state index contributed by atoms with van der Waals surface area (Å²) in [6.45, 7) is 3.24. The van der Waals surface area contributed by atoms with E-state index < -0.39 is 16.0 Å². The monoisotopic (exact) mass is 311 g/mol. The number of hydrogen-bond acceptors (Lipinski definition) is 6. The molecule has 0 fully saturated rings. The fraction of sp³-hybridized carbons (Fsp3) is 0.273. The van der Waals surface area contributed by atoms with E-state index in [9.17, 15) is 13.2 Å². The van der Waals surface area contributed by atoms with Crippen molar-refractivity contribution in [2.75, 3.05) is 4.72 Å². The molecule has 0 saturated heterocycles. The summed E-state index contributed by atoms with van der Waals surface area (Å²) in [6, 6.07) is 2.51. The second-order valence-electron chi connectivity index (χ2n) is 4.43. The molecule has 10 heteroatoms. The summed E-state index contributed by atoms with van der Waals surface area (Å²) in [5.74, 6) is -1.39. The lowest BCUT2D eigenvalue weighted by Gasteiger charge is -2.11. The van der Waals surface area contributed by atoms with Gasteiger partial charge >= 0.3 is 5.97 Å². The first-order valence-electron chi connectivity index (χ1n) is 5.82. The molecular weight excluding hydrogens is 298 g/mol. The summed E-state index contributed by atoms with van der Waals surface area (Å²) in [4.78, 5) is 12.0. The van der Waals surface area contributed by atoms with Gasteiger partial charge < -0.3 is 5.11 Å². The summed E-state index contributed by atoms with van der Waals surface area (Å²) in [5.41, 5.74) is 0.907. The number of sulfonamides is 1. The number of aromatic carboxylic acids is 1. The van der Waals surface area contributed by atoms with Gasteiger partial charge in [-0.3, -0.25) is 0 Å². The topological polar surface area (TPSA) is 127 Å². The number of anilines is 1. The number of carbonyl (C=O) groups is 1. The second-order valence-corrected chi connectivity index (χ2v) is 6.08. The van der Waals surface area contributed by atoms with Crippen LogP contribution in [0.15, 0.2) is 17.0 Å². The number of aryl methyl sites for hydroxylation is 2. The van der Waals surface area contributed by atoms with Gasteiger partial charge in [-0.25, -0.2) is 17.9 Å². The van der Waals surface area contributed by atoms with E-state index >= 15 is 0 Å². The number of carboxylic acids is 1. The van der Waals surface area contributed by atoms with Gasteiger partial charge in [0.25, 0.3) is 16.0 Å². The first-order chi connectivity index (χ1) is 9.70. The average Bonchev–Trinajstić information content (AvgIpc) is 2.76. The zero-order chi connectivity index (χ0) is 15.8. The number of tetrazole rings is 1. The highest BCUT2D eigenvalue weighted by Crippen LogP contribution is 2.22. The van der Waals surface area contributed by atoms with Gasteiger partial charge in [0, 0.05) is 0 Å². The molecule has 0 aliphatic carbocycles. The summed E-state index contributed by atoms with van der Waals surface area (Å²) in [6.07, 6.45) is 0. The maximum Gasteiger partial charge on any atom is 0.335 e. The van der Waals surface area contributed by atoms with Gasteiger partial charge in [-0.1, -0.05) is 5.10 Å². The Morgan fingerprint density at radius 1 is 1.33 bits per heavy atom. The van der Waals surface area contributed by atoms with E-state index in [4.69, 9.17) is 5.11 Å². The van der Waals surface area contributed by atoms with E-state index in [0.717, 1.165) is 10.9 Å². The van der Waals surface area contributed by atoms with Crippen molar-refractivity contribution in [3.8, 4) is 0 Å². The Balaban J connectivity index is 2.51. The van der Waals surface area contributed by atoms with Crippen LogP contribution < -0.4 is 4.72 Å². The van der Waals surface area contributed by atoms with Gasteiger partial charge in [-0.15, -0.1) is 5.10 Å². The van der Waals surface area contributed by atoms with Crippen LogP contribution in [0.3, 0.4) is 0 Å². The van der Waals surface area contributed by atoms with Crippen molar-refractivity contribution in [1.29, 1.82) is 0 Å². The zero-order valence-corrected chi connectivity index (χ0v) is 12.3. The van der Waals surface area contributed by atoms with Crippen LogP contribution in [-0.2, 0) is 17.1 Å². The quantitative estimate of drug-likeness (QED) is 0.832. The number of hydrogen-bond donors (Lipinski definition) is 2. The number of carboxylic acid groups (broad SMARTS) is 1. The van der Waals surface area contributed by atoms with Crippen LogP contribution in [0.25, 0.3) is 0 Å². The molecule has 0 aliphatic heterocycles. The molecular formula is C11H13N5O4S. The van der Waals surface area contributed by atoms with Crippen LogP contribution in [0, 0.1) is 13.8 Å². The molecule has 1 aromatic carbocycles. The van der Waals surface area contributed by atoms with Crippen LogP contribution >= 0.6 is 0 Å². The third-order valence-corrected chi connectivity index (χ3v) is 4.34. The zero-order valence-electron chi connectivity index (χ0n) is 11.5. The van der Waals surface area contributed by atoms with Gasteiger partial charge in [-0.05, 0) is 42.3 Å². The minimum atomic E-state index is -4.00. The van der Waals surface area contributed by atoms with E-state index in [1.807, 2.05) is 0 Å². The normalized spacial score (nSPS) is 11.4. The molecule has 9 nitrogen and oxygen atoms in total. The van der Waals surface area contributed by atoms with Crippen LogP contribution in [0.1, 0.15) is 21.5 Å². The van der Waals surface area contributed by atoms with Crippen molar-refractivity contribution in [2.24, 2.45) is 7.05 Å². The minimum absolute atomic E-state index is 0.106. The third kappa shape index (κ3) is 2.99. The van der Waals surface area contributed by atoms with Gasteiger partial charge in [0.15, 0.2) is 0 Å². The van der Waals surface area contributed by atoms with Crippen molar-refractivity contribution >= 4 is 21.9 Å². The molecule has 0 saturated carbocycles. The first-order valence-corrected chi connectivity index (χ1v) is 7.30. The van der Waals surface area contributed by atoms with E-state index in [0.29, 0.717) is 11.1 Å². The van der Waals surface area contributed by atoms with Gasteiger partial charge in [0.05, 0.1) is 17.5 Å². The van der Waals surface area contributed by atoms with Crippen molar-refractivity contribution in [2.45, 2.75) is 18.7 Å². The fourth-order valence-electron chi connectivity index (χ4n) is 1.73. The highest BCUT2D eigenvalue weighted by atomic mass is 32.2. The molecule has 1 heterocycles. The summed E-state index contributed by atoms with van der Waals surface area (Å²) in [7, 11) is -2.51. The molecule has 112 valence electrons. The van der Waals surface area contributed by atoms with Crippen LogP contribution in [0.4, 0.5) is 5.95 Å². The number of nitrogens with zero attached hydrogens (tertiary/aromatic N) is 4. The predicted octanol–water partition coefficient (Wildman–Crippen LogP) is 0.326. The van der Waals surface area contributed by atoms with Crippen LogP contribution in [0.2, 0.25) is 0 Å². The number of benzene rings is 1. The second kappa shape index (κ2) is 5.13. The Bertz CT molecular complexity index is 812. The molecule has 0 radical (unpaired) electrons. The molecule has 0 spiro atoms. The van der Waals surface area contributed by atoms with Crippen molar-refractivity contribution < 1.29 is 18.3 Å². The molecule has 0 bridgehead atoms. The lowest BCUT2D eigenvalue weighted by Crippen LogP contribution is -2.17. The van der Waals surface area contributed by atoms with Gasteiger partial charge in [0.1, 0.15) is 0 Å². The lowest BCUT2D eigenvalue weighted by atomic mass is 10.1. The Morgan fingerprint density at radius 2 is 2.00 bits per heavy atom. The molecule has 21 heavy (non-hydrogen) atoms. The Labute approximate surface area is 120 Å². The van der Waals surface area contributed by atoms with Crippen molar-refractivity contribution in [3.05, 3.63) is 28.8 Å². The molecule has 0 atom stereocenters. The maximum absolute atomic E-state index is 12.3. The Hall–Kier alpha value is -2.49. The van der Waals surface area contributed by atoms with Crippen molar-refractivity contribution in [3.63, 3.8) is 0 Å². The van der Waals surface area contributed by atoms with E-state index in [2.05, 4.69) is 20.1 Å². The van der Waals surface area contributed by atoms with Gasteiger partial charge in [0.2, 0.25) is 0 Å². The summed E-state index contributed by atoms with van der Waals surface area (Å²) < 4.78 is 26.8. The van der Waals surface area contributed by atoms with E-state index in [1.54, 1.807) is 13.8 Å². The molecule has 0 amide bonds. The lowest BCUT2D eigenvalue weighted by molar-refractivity contribution is 0.0696. The molecule has 0 aliphatic rings. The highest BCUT2D eigenvalue weighted by molar-refractivity contribution is 7.92. The highest BCUT2D eigenvalue weighted by Gasteiger charge is 2.22. The maximum atomic E-state index is 12.3. The average molecular weight is 311 g/mol. The van der Waals surface area contributed by atoms with E-state index in [-0.39, 0.29) is 16.4 Å². The predicted molar refractivity (Wildman–Crippen MR) is 72.5 cm³/mol. The SMILES string of the molecule is Cc1cc(C(=O)O)cc(S(=O)(=O)Nc2nnn(C)n2)c1C. The van der Waals surface area contributed by atoms with Gasteiger partial charge in [-0.2, -0.15) is 4.80 Å². The van der Waals surface area contributed by atoms with Crippen molar-refractivity contribution in [1.82, 2.24) is 20.2 Å². The smallest absolute Gasteiger partial charge is 0.335 e. The van der Waals surface area contributed by atoms with Crippen LogP contribution in [0.5, 0.6) is 0 Å². The molecule has 2 N–H and O–H groups in total. The van der Waals surface area contributed by atoms with E-state index in [1.165, 1.54) is 13.1 Å². The van der Waals surface area contributed by atoms with Crippen LogP contribution in [-0.4, -0.2) is 39.7 Å². The Kier molecular flexibility index (Phi) is 3.64. The third-order valence-electron chi connectivity index (χ3n) is 2.89. The standard InChI is InChI=1S/C11H13N5O4S/c1-6-4-8(10(17)18)5-9(7(6)2)21(19,20)14-11-12-15-16(3)13-11/h4-5H,1-3H3,(H,13,14)(H,17,18). The first kappa shape index (κ1) is 14.9. The number of nitrogens with one attached hydrogen (secondary N) is 1. The molecule has 2 aromatic rings. The molecule has 1 aromatic heterocycles. The number of aromatic nitrogens is 4. The number of rotatable bonds is 4. The summed E-state index contributed by atoms with van der Waals surface area (Å²) >= 11 is 0. The minimum Gasteiger partial charge on any atom is -0.478 e. The molecule has 2 rings (SSSR count). The largest absolute Gasteiger partial charge is 0.478 e. The Morgan fingerprint density at radius 3 is 2.52 bits per heavy atom. The molecule has 0 unspecified atom stereocenters.